The van der Waals surface area contributed by atoms with E-state index in [1.54, 1.807) is 0 Å². The van der Waals surface area contributed by atoms with Crippen LogP contribution >= 0.6 is 27.3 Å². The van der Waals surface area contributed by atoms with Crippen LogP contribution < -0.4 is 0 Å². The number of ketones is 1. The van der Waals surface area contributed by atoms with Gasteiger partial charge in [0.2, 0.25) is 0 Å². The smallest absolute Gasteiger partial charge is 0.193 e. The third-order valence-electron chi connectivity index (χ3n) is 1.21. The molecule has 1 rings (SSSR count). The zero-order valence-corrected chi connectivity index (χ0v) is 8.70. The summed E-state index contributed by atoms with van der Waals surface area (Å²) in [5.41, 5.74) is 0. The lowest BCUT2D eigenvalue weighted by atomic mass is 10.1. The summed E-state index contributed by atoms with van der Waals surface area (Å²) in [6.45, 7) is 3.75. The molecule has 0 bridgehead atoms. The van der Waals surface area contributed by atoms with Crippen molar-refractivity contribution in [2.45, 2.75) is 13.8 Å². The van der Waals surface area contributed by atoms with Crippen molar-refractivity contribution in [3.8, 4) is 0 Å². The number of hydrogen-bond acceptors (Lipinski definition) is 3. The molecule has 11 heavy (non-hydrogen) atoms. The first kappa shape index (κ1) is 8.87. The Balaban J connectivity index is 2.85. The van der Waals surface area contributed by atoms with E-state index in [4.69, 9.17) is 0 Å². The van der Waals surface area contributed by atoms with E-state index in [9.17, 15) is 4.79 Å². The van der Waals surface area contributed by atoms with Crippen LogP contribution in [-0.4, -0.2) is 10.8 Å². The molecule has 1 heterocycles. The molecule has 0 spiro atoms. The second-order valence-electron chi connectivity index (χ2n) is 2.49. The highest BCUT2D eigenvalue weighted by Gasteiger charge is 2.13. The van der Waals surface area contributed by atoms with Gasteiger partial charge in [-0.25, -0.2) is 4.98 Å². The summed E-state index contributed by atoms with van der Waals surface area (Å²) in [5.74, 6) is 0.147. The quantitative estimate of drug-likeness (QED) is 0.736. The topological polar surface area (TPSA) is 30.0 Å². The molecular weight excluding hydrogens is 226 g/mol. The number of Topliss-reactive ketones (excluding diaryl/α,β-unsaturated/α-hetero) is 1. The van der Waals surface area contributed by atoms with Crippen LogP contribution in [0.2, 0.25) is 0 Å². The number of nitrogens with zero attached hydrogens (tertiary/aromatic N) is 1. The fourth-order valence-corrected chi connectivity index (χ4v) is 1.95. The molecule has 60 valence electrons. The molecule has 0 amide bonds. The van der Waals surface area contributed by atoms with Gasteiger partial charge in [0, 0.05) is 11.3 Å². The van der Waals surface area contributed by atoms with E-state index >= 15 is 0 Å². The van der Waals surface area contributed by atoms with Gasteiger partial charge in [0.15, 0.2) is 10.8 Å². The summed E-state index contributed by atoms with van der Waals surface area (Å²) >= 11 is 4.58. The molecule has 0 saturated heterocycles. The largest absolute Gasteiger partial charge is 0.291 e. The summed E-state index contributed by atoms with van der Waals surface area (Å²) < 4.78 is 0.742. The van der Waals surface area contributed by atoms with E-state index in [0.717, 1.165) is 4.60 Å². The first-order chi connectivity index (χ1) is 5.11. The Kier molecular flexibility index (Phi) is 2.78. The maximum atomic E-state index is 11.3. The van der Waals surface area contributed by atoms with Gasteiger partial charge in [-0.3, -0.25) is 4.79 Å². The minimum Gasteiger partial charge on any atom is -0.291 e. The van der Waals surface area contributed by atoms with Crippen molar-refractivity contribution in [2.24, 2.45) is 5.92 Å². The lowest BCUT2D eigenvalue weighted by Gasteiger charge is -1.97. The summed E-state index contributed by atoms with van der Waals surface area (Å²) in [6, 6.07) is 0. The number of thiazole rings is 1. The number of hydrogen-bond donors (Lipinski definition) is 0. The molecule has 0 fully saturated rings. The fourth-order valence-electron chi connectivity index (χ4n) is 0.614. The Morgan fingerprint density at radius 2 is 2.36 bits per heavy atom. The normalized spacial score (nSPS) is 10.5. The monoisotopic (exact) mass is 233 g/mol. The second kappa shape index (κ2) is 3.45. The Morgan fingerprint density at radius 1 is 1.73 bits per heavy atom. The molecule has 0 N–H and O–H groups in total. The molecule has 0 aliphatic carbocycles. The SMILES string of the molecule is CC(C)C(=O)c1nc(Br)cs1. The van der Waals surface area contributed by atoms with Gasteiger partial charge in [0.1, 0.15) is 4.60 Å². The average Bonchev–Trinajstić information content (AvgIpc) is 2.34. The van der Waals surface area contributed by atoms with Gasteiger partial charge in [-0.1, -0.05) is 13.8 Å². The van der Waals surface area contributed by atoms with E-state index in [2.05, 4.69) is 20.9 Å². The van der Waals surface area contributed by atoms with Crippen molar-refractivity contribution in [1.29, 1.82) is 0 Å². The van der Waals surface area contributed by atoms with E-state index in [1.165, 1.54) is 11.3 Å². The number of halogens is 1. The van der Waals surface area contributed by atoms with Gasteiger partial charge in [-0.15, -0.1) is 11.3 Å². The van der Waals surface area contributed by atoms with Gasteiger partial charge >= 0.3 is 0 Å². The standard InChI is InChI=1S/C7H8BrNOS/c1-4(2)6(10)7-9-5(8)3-11-7/h3-4H,1-2H3. The summed E-state index contributed by atoms with van der Waals surface area (Å²) in [4.78, 5) is 15.3. The molecule has 1 aromatic heterocycles. The van der Waals surface area contributed by atoms with Gasteiger partial charge in [0.25, 0.3) is 0 Å². The molecule has 0 radical (unpaired) electrons. The van der Waals surface area contributed by atoms with Gasteiger partial charge in [-0.2, -0.15) is 0 Å². The highest BCUT2D eigenvalue weighted by molar-refractivity contribution is 9.10. The number of rotatable bonds is 2. The molecular formula is C7H8BrNOS. The van der Waals surface area contributed by atoms with Crippen molar-refractivity contribution < 1.29 is 4.79 Å². The van der Waals surface area contributed by atoms with E-state index < -0.39 is 0 Å². The third-order valence-corrected chi connectivity index (χ3v) is 2.78. The van der Waals surface area contributed by atoms with E-state index in [1.807, 2.05) is 19.2 Å². The molecule has 2 nitrogen and oxygen atoms in total. The first-order valence-electron chi connectivity index (χ1n) is 3.26. The van der Waals surface area contributed by atoms with Crippen LogP contribution in [0, 0.1) is 5.92 Å². The van der Waals surface area contributed by atoms with Crippen LogP contribution in [0.15, 0.2) is 9.98 Å². The molecule has 0 aromatic carbocycles. The highest BCUT2D eigenvalue weighted by Crippen LogP contribution is 2.17. The molecule has 0 atom stereocenters. The van der Waals surface area contributed by atoms with Crippen LogP contribution in [0.5, 0.6) is 0 Å². The lowest BCUT2D eigenvalue weighted by molar-refractivity contribution is 0.0939. The van der Waals surface area contributed by atoms with Gasteiger partial charge < -0.3 is 0 Å². The minimum atomic E-state index is 0.0352. The van der Waals surface area contributed by atoms with E-state index in [-0.39, 0.29) is 11.7 Å². The Hall–Kier alpha value is -0.220. The molecule has 0 unspecified atom stereocenters. The maximum Gasteiger partial charge on any atom is 0.193 e. The van der Waals surface area contributed by atoms with Crippen LogP contribution in [0.25, 0.3) is 0 Å². The molecule has 0 aliphatic rings. The van der Waals surface area contributed by atoms with Crippen molar-refractivity contribution in [1.82, 2.24) is 4.98 Å². The Bertz CT molecular complexity index is 269. The van der Waals surface area contributed by atoms with Crippen LogP contribution in [0.3, 0.4) is 0 Å². The zero-order valence-electron chi connectivity index (χ0n) is 6.30. The molecule has 1 aromatic rings. The van der Waals surface area contributed by atoms with Crippen molar-refractivity contribution >= 4 is 33.0 Å². The predicted octanol–water partition coefficient (Wildman–Crippen LogP) is 2.74. The minimum absolute atomic E-state index is 0.0352. The summed E-state index contributed by atoms with van der Waals surface area (Å²) in [6.07, 6.45) is 0. The molecule has 4 heteroatoms. The maximum absolute atomic E-state index is 11.3. The first-order valence-corrected chi connectivity index (χ1v) is 4.93. The van der Waals surface area contributed by atoms with E-state index in [0.29, 0.717) is 5.01 Å². The lowest BCUT2D eigenvalue weighted by Crippen LogP contribution is -2.06. The van der Waals surface area contributed by atoms with Gasteiger partial charge in [-0.05, 0) is 15.9 Å². The van der Waals surface area contributed by atoms with Crippen LogP contribution in [-0.2, 0) is 0 Å². The number of aromatic nitrogens is 1. The van der Waals surface area contributed by atoms with Gasteiger partial charge in [0.05, 0.1) is 0 Å². The number of carbonyl (C=O) groups excluding carboxylic acids is 1. The number of carbonyl (C=O) groups is 1. The van der Waals surface area contributed by atoms with Crippen molar-refractivity contribution in [3.63, 3.8) is 0 Å². The molecule has 0 saturated carbocycles. The van der Waals surface area contributed by atoms with Crippen molar-refractivity contribution in [3.05, 3.63) is 15.0 Å². The van der Waals surface area contributed by atoms with Crippen LogP contribution in [0.4, 0.5) is 0 Å². The third kappa shape index (κ3) is 2.10. The van der Waals surface area contributed by atoms with Crippen molar-refractivity contribution in [2.75, 3.05) is 0 Å². The Morgan fingerprint density at radius 3 is 2.73 bits per heavy atom. The highest BCUT2D eigenvalue weighted by atomic mass is 79.9. The predicted molar refractivity (Wildman–Crippen MR) is 49.0 cm³/mol. The van der Waals surface area contributed by atoms with Crippen LogP contribution in [0.1, 0.15) is 23.6 Å². The Labute approximate surface area is 77.8 Å². The summed E-state index contributed by atoms with van der Waals surface area (Å²) in [5, 5.41) is 2.40. The fraction of sp³-hybridized carbons (Fsp3) is 0.429. The average molecular weight is 234 g/mol. The summed E-state index contributed by atoms with van der Waals surface area (Å²) in [7, 11) is 0. The second-order valence-corrected chi connectivity index (χ2v) is 4.16. The molecule has 0 aliphatic heterocycles. The zero-order chi connectivity index (χ0) is 8.43.